The van der Waals surface area contributed by atoms with Gasteiger partial charge in [-0.15, -0.1) is 0 Å². The van der Waals surface area contributed by atoms with Crippen LogP contribution in [0.2, 0.25) is 0 Å². The summed E-state index contributed by atoms with van der Waals surface area (Å²) in [6.07, 6.45) is 1.59. The maximum absolute atomic E-state index is 13.6. The van der Waals surface area contributed by atoms with Gasteiger partial charge in [-0.3, -0.25) is 9.10 Å². The zero-order valence-corrected chi connectivity index (χ0v) is 24.0. The first-order chi connectivity index (χ1) is 18.5. The fourth-order valence-electron chi connectivity index (χ4n) is 4.50. The maximum Gasteiger partial charge on any atom is 0.264 e. The first-order valence-corrected chi connectivity index (χ1v) is 14.2. The highest BCUT2D eigenvalue weighted by Crippen LogP contribution is 2.27. The van der Waals surface area contributed by atoms with Crippen molar-refractivity contribution in [3.8, 4) is 5.69 Å². The average molecular weight is 543 g/mol. The zero-order valence-electron chi connectivity index (χ0n) is 23.2. The summed E-state index contributed by atoms with van der Waals surface area (Å²) in [6, 6.07) is 22.0. The standard InChI is InChI=1S/C31H34N4O3S/c1-21-11-15-29(16-12-21)39(37,38)34(30-10-8-7-9-23(30)3)20-31(36)33-32-19-27-18-25(5)35(26(27)6)28-14-13-22(2)24(4)17-28/h7-19H,20H2,1-6H3,(H,33,36)/b32-19+. The molecule has 0 saturated heterocycles. The van der Waals surface area contributed by atoms with Crippen molar-refractivity contribution in [3.63, 3.8) is 0 Å². The van der Waals surface area contributed by atoms with Crippen molar-refractivity contribution in [1.29, 1.82) is 0 Å². The van der Waals surface area contributed by atoms with Gasteiger partial charge in [0.1, 0.15) is 6.54 Å². The molecule has 1 N–H and O–H groups in total. The Balaban J connectivity index is 1.56. The molecule has 0 bridgehead atoms. The molecule has 3 aromatic carbocycles. The maximum atomic E-state index is 13.6. The Labute approximate surface area is 230 Å². The van der Waals surface area contributed by atoms with E-state index >= 15 is 0 Å². The second-order valence-corrected chi connectivity index (χ2v) is 11.7. The lowest BCUT2D eigenvalue weighted by Crippen LogP contribution is -2.40. The number of hydrogen-bond donors (Lipinski definition) is 1. The molecular formula is C31H34N4O3S. The highest BCUT2D eigenvalue weighted by Gasteiger charge is 2.28. The molecule has 1 amide bonds. The predicted molar refractivity (Wildman–Crippen MR) is 157 cm³/mol. The molecule has 0 aliphatic rings. The predicted octanol–water partition coefficient (Wildman–Crippen LogP) is 5.67. The van der Waals surface area contributed by atoms with Gasteiger partial charge in [0, 0.05) is 22.6 Å². The summed E-state index contributed by atoms with van der Waals surface area (Å²) in [7, 11) is -3.99. The number of hydrazone groups is 1. The largest absolute Gasteiger partial charge is 0.318 e. The smallest absolute Gasteiger partial charge is 0.264 e. The van der Waals surface area contributed by atoms with Crippen LogP contribution in [0.25, 0.3) is 5.69 Å². The topological polar surface area (TPSA) is 83.8 Å². The molecule has 0 aliphatic heterocycles. The molecule has 202 valence electrons. The molecule has 0 saturated carbocycles. The monoisotopic (exact) mass is 542 g/mol. The van der Waals surface area contributed by atoms with Crippen LogP contribution in [0.5, 0.6) is 0 Å². The number of amides is 1. The number of para-hydroxylation sites is 1. The number of carbonyl (C=O) groups is 1. The third-order valence-corrected chi connectivity index (χ3v) is 8.67. The summed E-state index contributed by atoms with van der Waals surface area (Å²) in [5.74, 6) is -0.548. The van der Waals surface area contributed by atoms with Gasteiger partial charge in [0.15, 0.2) is 0 Å². The van der Waals surface area contributed by atoms with Crippen molar-refractivity contribution in [2.75, 3.05) is 10.8 Å². The van der Waals surface area contributed by atoms with E-state index in [1.807, 2.05) is 45.9 Å². The van der Waals surface area contributed by atoms with Crippen molar-refractivity contribution < 1.29 is 13.2 Å². The molecule has 1 aromatic heterocycles. The second kappa shape index (κ2) is 11.3. The molecular weight excluding hydrogens is 508 g/mol. The molecule has 1 heterocycles. The van der Waals surface area contributed by atoms with Crippen molar-refractivity contribution in [2.45, 2.75) is 46.4 Å². The van der Waals surface area contributed by atoms with Crippen molar-refractivity contribution in [3.05, 3.63) is 112 Å². The highest BCUT2D eigenvalue weighted by molar-refractivity contribution is 7.92. The number of nitrogens with zero attached hydrogens (tertiary/aromatic N) is 3. The Morgan fingerprint density at radius 1 is 0.872 bits per heavy atom. The number of aryl methyl sites for hydroxylation is 5. The van der Waals surface area contributed by atoms with E-state index in [0.29, 0.717) is 5.69 Å². The van der Waals surface area contributed by atoms with Crippen LogP contribution >= 0.6 is 0 Å². The van der Waals surface area contributed by atoms with E-state index in [2.05, 4.69) is 47.1 Å². The van der Waals surface area contributed by atoms with Crippen LogP contribution in [0, 0.1) is 41.5 Å². The molecule has 0 aliphatic carbocycles. The lowest BCUT2D eigenvalue weighted by molar-refractivity contribution is -0.119. The van der Waals surface area contributed by atoms with Crippen LogP contribution in [0.4, 0.5) is 5.69 Å². The van der Waals surface area contributed by atoms with Crippen molar-refractivity contribution in [1.82, 2.24) is 9.99 Å². The van der Waals surface area contributed by atoms with Crippen LogP contribution in [0.1, 0.15) is 39.2 Å². The van der Waals surface area contributed by atoms with Crippen LogP contribution in [0.15, 0.2) is 82.8 Å². The van der Waals surface area contributed by atoms with Crippen LogP contribution in [-0.4, -0.2) is 31.7 Å². The van der Waals surface area contributed by atoms with Gasteiger partial charge in [-0.2, -0.15) is 5.10 Å². The molecule has 4 rings (SSSR count). The van der Waals surface area contributed by atoms with Crippen LogP contribution in [-0.2, 0) is 14.8 Å². The van der Waals surface area contributed by atoms with Gasteiger partial charge in [0.2, 0.25) is 0 Å². The van der Waals surface area contributed by atoms with Gasteiger partial charge in [-0.1, -0.05) is 42.0 Å². The normalized spacial score (nSPS) is 11.6. The number of nitrogens with one attached hydrogen (secondary N) is 1. The van der Waals surface area contributed by atoms with Gasteiger partial charge in [0.05, 0.1) is 16.8 Å². The number of benzene rings is 3. The fraction of sp³-hybridized carbons (Fsp3) is 0.226. The summed E-state index contributed by atoms with van der Waals surface area (Å²) >= 11 is 0. The van der Waals surface area contributed by atoms with E-state index in [4.69, 9.17) is 0 Å². The molecule has 0 radical (unpaired) electrons. The number of aromatic nitrogens is 1. The minimum Gasteiger partial charge on any atom is -0.318 e. The third-order valence-electron chi connectivity index (χ3n) is 6.89. The van der Waals surface area contributed by atoms with Gasteiger partial charge in [0.25, 0.3) is 15.9 Å². The molecule has 0 spiro atoms. The van der Waals surface area contributed by atoms with E-state index < -0.39 is 22.5 Å². The first kappa shape index (κ1) is 27.9. The van der Waals surface area contributed by atoms with Gasteiger partial charge in [-0.05, 0) is 94.6 Å². The molecule has 39 heavy (non-hydrogen) atoms. The van der Waals surface area contributed by atoms with Crippen LogP contribution < -0.4 is 9.73 Å². The molecule has 0 atom stereocenters. The fourth-order valence-corrected chi connectivity index (χ4v) is 5.99. The van der Waals surface area contributed by atoms with Crippen LogP contribution in [0.3, 0.4) is 0 Å². The summed E-state index contributed by atoms with van der Waals surface area (Å²) in [6.45, 7) is 11.5. The van der Waals surface area contributed by atoms with E-state index in [1.54, 1.807) is 42.6 Å². The summed E-state index contributed by atoms with van der Waals surface area (Å²) in [4.78, 5) is 13.1. The molecule has 7 nitrogen and oxygen atoms in total. The van der Waals surface area contributed by atoms with Crippen molar-refractivity contribution >= 4 is 27.8 Å². The summed E-state index contributed by atoms with van der Waals surface area (Å²) in [5, 5.41) is 4.16. The third kappa shape index (κ3) is 5.96. The Morgan fingerprint density at radius 3 is 2.23 bits per heavy atom. The van der Waals surface area contributed by atoms with E-state index in [1.165, 1.54) is 11.1 Å². The molecule has 0 unspecified atom stereocenters. The Kier molecular flexibility index (Phi) is 8.06. The van der Waals surface area contributed by atoms with E-state index in [9.17, 15) is 13.2 Å². The summed E-state index contributed by atoms with van der Waals surface area (Å²) < 4.78 is 30.5. The Bertz CT molecular complexity index is 1650. The SMILES string of the molecule is Cc1ccc(S(=O)(=O)N(CC(=O)N/N=C/c2cc(C)n(-c3ccc(C)c(C)c3)c2C)c2ccccc2C)cc1. The first-order valence-electron chi connectivity index (χ1n) is 12.7. The molecule has 0 fully saturated rings. The number of sulfonamides is 1. The van der Waals surface area contributed by atoms with Gasteiger partial charge >= 0.3 is 0 Å². The van der Waals surface area contributed by atoms with E-state index in [0.717, 1.165) is 38.1 Å². The Hall–Kier alpha value is -4.17. The highest BCUT2D eigenvalue weighted by atomic mass is 32.2. The second-order valence-electron chi connectivity index (χ2n) is 9.83. The number of rotatable bonds is 8. The zero-order chi connectivity index (χ0) is 28.3. The minimum atomic E-state index is -3.99. The number of carbonyl (C=O) groups excluding carboxylic acids is 1. The molecule has 4 aromatic rings. The lowest BCUT2D eigenvalue weighted by Gasteiger charge is -2.25. The molecule has 8 heteroatoms. The average Bonchev–Trinajstić information content (AvgIpc) is 3.17. The number of hydrogen-bond acceptors (Lipinski definition) is 4. The minimum absolute atomic E-state index is 0.117. The quantitative estimate of drug-likeness (QED) is 0.230. The summed E-state index contributed by atoms with van der Waals surface area (Å²) in [5.41, 5.74) is 11.0. The lowest BCUT2D eigenvalue weighted by atomic mass is 10.1. The van der Waals surface area contributed by atoms with Crippen molar-refractivity contribution in [2.24, 2.45) is 5.10 Å². The van der Waals surface area contributed by atoms with Gasteiger partial charge in [-0.25, -0.2) is 13.8 Å². The Morgan fingerprint density at radius 2 is 1.56 bits per heavy atom. The van der Waals surface area contributed by atoms with Gasteiger partial charge < -0.3 is 4.57 Å². The number of anilines is 1. The van der Waals surface area contributed by atoms with E-state index in [-0.39, 0.29) is 4.90 Å².